The molecule has 0 radical (unpaired) electrons. The van der Waals surface area contributed by atoms with Crippen LogP contribution < -0.4 is 10.6 Å². The van der Waals surface area contributed by atoms with Crippen LogP contribution in [0, 0.1) is 0 Å². The van der Waals surface area contributed by atoms with Gasteiger partial charge in [0.25, 0.3) is 0 Å². The monoisotopic (exact) mass is 317 g/mol. The fraction of sp³-hybridized carbons (Fsp3) is 0.929. The summed E-state index contributed by atoms with van der Waals surface area (Å²) in [5.41, 5.74) is 0. The molecule has 1 aliphatic heterocycles. The summed E-state index contributed by atoms with van der Waals surface area (Å²) >= 11 is 0. The lowest BCUT2D eigenvalue weighted by molar-refractivity contribution is 0.221. The molecule has 6 nitrogen and oxygen atoms in total. The molecule has 1 atom stereocenters. The molecule has 2 rings (SSSR count). The minimum absolute atomic E-state index is 0.0840. The highest BCUT2D eigenvalue weighted by Gasteiger charge is 2.27. The molecule has 0 bridgehead atoms. The number of hydrogen-bond donors (Lipinski definition) is 2. The molecule has 0 aromatic heterocycles. The number of carbonyl (C=O) groups excluding carboxylic acids is 1. The van der Waals surface area contributed by atoms with E-state index in [1.807, 2.05) is 0 Å². The third kappa shape index (κ3) is 5.47. The Labute approximate surface area is 127 Å². The summed E-state index contributed by atoms with van der Waals surface area (Å²) in [6.07, 6.45) is 9.82. The molecule has 0 aromatic rings. The molecule has 0 spiro atoms. The van der Waals surface area contributed by atoms with Gasteiger partial charge >= 0.3 is 6.03 Å². The standard InChI is InChI=1S/C14H27N3O3S/c1-21(19,20)17-10-6-9-13(11-17)16-14(18)15-12-7-4-2-3-5-8-12/h12-13H,2-11H2,1H3,(H2,15,16,18)/t13-/m1/s1. The molecule has 1 aliphatic carbocycles. The molecule has 7 heteroatoms. The third-order valence-corrected chi connectivity index (χ3v) is 5.65. The summed E-state index contributed by atoms with van der Waals surface area (Å²) in [6.45, 7) is 0.943. The van der Waals surface area contributed by atoms with Crippen molar-refractivity contribution < 1.29 is 13.2 Å². The van der Waals surface area contributed by atoms with Gasteiger partial charge in [-0.2, -0.15) is 0 Å². The zero-order chi connectivity index (χ0) is 15.3. The van der Waals surface area contributed by atoms with Crippen LogP contribution in [0.25, 0.3) is 0 Å². The Balaban J connectivity index is 1.79. The smallest absolute Gasteiger partial charge is 0.315 e. The number of nitrogens with zero attached hydrogens (tertiary/aromatic N) is 1. The summed E-state index contributed by atoms with van der Waals surface area (Å²) in [7, 11) is -3.16. The van der Waals surface area contributed by atoms with E-state index in [2.05, 4.69) is 10.6 Å². The number of hydrogen-bond acceptors (Lipinski definition) is 3. The summed E-state index contributed by atoms with van der Waals surface area (Å²) in [6, 6.07) is 0.0311. The van der Waals surface area contributed by atoms with Crippen molar-refractivity contribution in [2.24, 2.45) is 0 Å². The van der Waals surface area contributed by atoms with E-state index >= 15 is 0 Å². The maximum atomic E-state index is 12.1. The topological polar surface area (TPSA) is 78.5 Å². The molecule has 1 heterocycles. The van der Waals surface area contributed by atoms with Gasteiger partial charge in [0.2, 0.25) is 10.0 Å². The fourth-order valence-electron chi connectivity index (χ4n) is 3.20. The molecule has 2 fully saturated rings. The number of rotatable bonds is 3. The average Bonchev–Trinajstić information content (AvgIpc) is 2.66. The zero-order valence-electron chi connectivity index (χ0n) is 12.8. The Morgan fingerprint density at radius 1 is 0.952 bits per heavy atom. The predicted octanol–water partition coefficient (Wildman–Crippen LogP) is 1.43. The van der Waals surface area contributed by atoms with Gasteiger partial charge in [0.1, 0.15) is 0 Å². The first kappa shape index (κ1) is 16.5. The number of nitrogens with one attached hydrogen (secondary N) is 2. The minimum atomic E-state index is -3.16. The third-order valence-electron chi connectivity index (χ3n) is 4.38. The van der Waals surface area contributed by atoms with Crippen molar-refractivity contribution in [1.29, 1.82) is 0 Å². The van der Waals surface area contributed by atoms with Crippen LogP contribution in [0.5, 0.6) is 0 Å². The van der Waals surface area contributed by atoms with E-state index in [0.717, 1.165) is 25.7 Å². The van der Waals surface area contributed by atoms with Crippen LogP contribution in [0.2, 0.25) is 0 Å². The fourth-order valence-corrected chi connectivity index (χ4v) is 4.11. The van der Waals surface area contributed by atoms with E-state index in [0.29, 0.717) is 13.1 Å². The van der Waals surface area contributed by atoms with E-state index in [4.69, 9.17) is 0 Å². The number of carbonyl (C=O) groups is 1. The van der Waals surface area contributed by atoms with Gasteiger partial charge in [-0.25, -0.2) is 17.5 Å². The molecule has 0 unspecified atom stereocenters. The molecule has 21 heavy (non-hydrogen) atoms. The maximum Gasteiger partial charge on any atom is 0.315 e. The van der Waals surface area contributed by atoms with Gasteiger partial charge in [0.05, 0.1) is 6.26 Å². The Hall–Kier alpha value is -0.820. The summed E-state index contributed by atoms with van der Waals surface area (Å²) in [5.74, 6) is 0. The van der Waals surface area contributed by atoms with Gasteiger partial charge in [-0.3, -0.25) is 0 Å². The van der Waals surface area contributed by atoms with Crippen LogP contribution in [0.15, 0.2) is 0 Å². The summed E-state index contributed by atoms with van der Waals surface area (Å²) in [4.78, 5) is 12.1. The second-order valence-electron chi connectivity index (χ2n) is 6.27. The number of urea groups is 1. The van der Waals surface area contributed by atoms with Crippen molar-refractivity contribution in [1.82, 2.24) is 14.9 Å². The lowest BCUT2D eigenvalue weighted by Gasteiger charge is -2.31. The van der Waals surface area contributed by atoms with Crippen LogP contribution in [0.1, 0.15) is 51.4 Å². The van der Waals surface area contributed by atoms with Crippen LogP contribution in [-0.4, -0.2) is 50.2 Å². The zero-order valence-corrected chi connectivity index (χ0v) is 13.6. The molecule has 1 saturated carbocycles. The van der Waals surface area contributed by atoms with Gasteiger partial charge in [0, 0.05) is 25.2 Å². The van der Waals surface area contributed by atoms with E-state index in [-0.39, 0.29) is 18.1 Å². The minimum Gasteiger partial charge on any atom is -0.335 e. The van der Waals surface area contributed by atoms with E-state index in [9.17, 15) is 13.2 Å². The average molecular weight is 317 g/mol. The van der Waals surface area contributed by atoms with E-state index in [1.165, 1.54) is 36.2 Å². The summed E-state index contributed by atoms with van der Waals surface area (Å²) in [5, 5.41) is 5.97. The van der Waals surface area contributed by atoms with Crippen LogP contribution in [-0.2, 0) is 10.0 Å². The normalized spacial score (nSPS) is 26.0. The largest absolute Gasteiger partial charge is 0.335 e. The van der Waals surface area contributed by atoms with Gasteiger partial charge in [-0.05, 0) is 25.7 Å². The lowest BCUT2D eigenvalue weighted by atomic mass is 10.1. The summed E-state index contributed by atoms with van der Waals surface area (Å²) < 4.78 is 24.6. The first-order valence-electron chi connectivity index (χ1n) is 7.97. The SMILES string of the molecule is CS(=O)(=O)N1CCC[C@@H](NC(=O)NC2CCCCCC2)C1. The molecule has 2 amide bonds. The van der Waals surface area contributed by atoms with Gasteiger partial charge in [-0.15, -0.1) is 0 Å². The van der Waals surface area contributed by atoms with E-state index in [1.54, 1.807) is 0 Å². The van der Waals surface area contributed by atoms with Gasteiger partial charge < -0.3 is 10.6 Å². The van der Waals surface area contributed by atoms with E-state index < -0.39 is 10.0 Å². The Bertz CT molecular complexity index is 444. The predicted molar refractivity (Wildman–Crippen MR) is 82.6 cm³/mol. The Morgan fingerprint density at radius 2 is 1.52 bits per heavy atom. The first-order valence-corrected chi connectivity index (χ1v) is 9.82. The highest BCUT2D eigenvalue weighted by Crippen LogP contribution is 2.17. The molecule has 2 aliphatic rings. The molecule has 2 N–H and O–H groups in total. The van der Waals surface area contributed by atoms with Gasteiger partial charge in [-0.1, -0.05) is 25.7 Å². The van der Waals surface area contributed by atoms with Crippen molar-refractivity contribution in [3.8, 4) is 0 Å². The Kier molecular flexibility index (Phi) is 5.87. The molecular weight excluding hydrogens is 290 g/mol. The maximum absolute atomic E-state index is 12.1. The van der Waals surface area contributed by atoms with Crippen LogP contribution in [0.3, 0.4) is 0 Å². The van der Waals surface area contributed by atoms with Crippen molar-refractivity contribution in [3.63, 3.8) is 0 Å². The highest BCUT2D eigenvalue weighted by atomic mass is 32.2. The molecular formula is C14H27N3O3S. The second kappa shape index (κ2) is 7.45. The quantitative estimate of drug-likeness (QED) is 0.773. The van der Waals surface area contributed by atoms with Crippen molar-refractivity contribution in [3.05, 3.63) is 0 Å². The first-order chi connectivity index (χ1) is 9.95. The molecule has 122 valence electrons. The molecule has 0 aromatic carbocycles. The van der Waals surface area contributed by atoms with Crippen molar-refractivity contribution >= 4 is 16.1 Å². The highest BCUT2D eigenvalue weighted by molar-refractivity contribution is 7.88. The van der Waals surface area contributed by atoms with Crippen LogP contribution in [0.4, 0.5) is 4.79 Å². The lowest BCUT2D eigenvalue weighted by Crippen LogP contribution is -2.53. The van der Waals surface area contributed by atoms with Crippen molar-refractivity contribution in [2.45, 2.75) is 63.5 Å². The Morgan fingerprint density at radius 3 is 2.14 bits per heavy atom. The number of sulfonamides is 1. The number of amides is 2. The second-order valence-corrected chi connectivity index (χ2v) is 8.25. The van der Waals surface area contributed by atoms with Crippen molar-refractivity contribution in [2.75, 3.05) is 19.3 Å². The van der Waals surface area contributed by atoms with Crippen LogP contribution >= 0.6 is 0 Å². The van der Waals surface area contributed by atoms with Gasteiger partial charge in [0.15, 0.2) is 0 Å². The molecule has 1 saturated heterocycles. The number of piperidine rings is 1.